The van der Waals surface area contributed by atoms with Crippen molar-refractivity contribution in [1.82, 2.24) is 4.90 Å². The summed E-state index contributed by atoms with van der Waals surface area (Å²) in [6, 6.07) is 7.85. The molecule has 0 bridgehead atoms. The lowest BCUT2D eigenvalue weighted by atomic mass is 9.91. The van der Waals surface area contributed by atoms with Crippen LogP contribution in [0.2, 0.25) is 0 Å². The summed E-state index contributed by atoms with van der Waals surface area (Å²) in [5, 5.41) is -3.70. The monoisotopic (exact) mass is 503 g/mol. The average molecular weight is 504 g/mol. The van der Waals surface area contributed by atoms with E-state index < -0.39 is 52.6 Å². The number of nitrogens with zero attached hydrogens (tertiary/aromatic N) is 1. The van der Waals surface area contributed by atoms with E-state index in [9.17, 15) is 26.4 Å². The highest BCUT2D eigenvalue weighted by atomic mass is 32.3. The Labute approximate surface area is 196 Å². The van der Waals surface area contributed by atoms with Gasteiger partial charge in [-0.2, -0.15) is 0 Å². The third kappa shape index (κ3) is 5.58. The molecule has 0 unspecified atom stereocenters. The maximum Gasteiger partial charge on any atom is 0.325 e. The Morgan fingerprint density at radius 1 is 0.818 bits per heavy atom. The van der Waals surface area contributed by atoms with Crippen LogP contribution in [0, 0.1) is 0 Å². The van der Waals surface area contributed by atoms with Crippen molar-refractivity contribution in [2.45, 2.75) is 55.1 Å². The second-order valence-electron chi connectivity index (χ2n) is 7.70. The van der Waals surface area contributed by atoms with Crippen molar-refractivity contribution in [3.05, 3.63) is 35.9 Å². The number of rotatable bonds is 10. The van der Waals surface area contributed by atoms with Gasteiger partial charge in [0.05, 0.1) is 13.2 Å². The van der Waals surface area contributed by atoms with Gasteiger partial charge in [-0.3, -0.25) is 9.59 Å². The minimum atomic E-state index is -4.58. The van der Waals surface area contributed by atoms with Crippen molar-refractivity contribution in [2.75, 3.05) is 32.8 Å². The Hall–Kier alpha value is -1.98. The molecule has 1 aromatic carbocycles. The number of ether oxygens (including phenoxy) is 2. The normalized spacial score (nSPS) is 26.0. The number of sulfone groups is 2. The Balaban J connectivity index is 2.75. The van der Waals surface area contributed by atoms with Crippen molar-refractivity contribution in [3.8, 4) is 0 Å². The number of carbonyl (C=O) groups excluding carboxylic acids is 2. The number of esters is 2. The molecule has 1 heterocycles. The second-order valence-corrected chi connectivity index (χ2v) is 12.5. The molecule has 0 aliphatic carbocycles. The van der Waals surface area contributed by atoms with E-state index in [-0.39, 0.29) is 31.7 Å². The summed E-state index contributed by atoms with van der Waals surface area (Å²) in [6.07, 6.45) is -0.264. The highest BCUT2D eigenvalue weighted by Gasteiger charge is 2.63. The van der Waals surface area contributed by atoms with Crippen molar-refractivity contribution in [2.24, 2.45) is 0 Å². The van der Waals surface area contributed by atoms with Crippen molar-refractivity contribution < 1.29 is 35.9 Å². The molecule has 0 radical (unpaired) electrons. The van der Waals surface area contributed by atoms with Gasteiger partial charge in [-0.1, -0.05) is 44.2 Å². The first-order valence-corrected chi connectivity index (χ1v) is 14.4. The number of carbonyl (C=O) groups is 2. The van der Waals surface area contributed by atoms with E-state index >= 15 is 0 Å². The molecule has 0 aromatic heterocycles. The maximum atomic E-state index is 13.7. The molecular formula is C22H33NO8S2. The van der Waals surface area contributed by atoms with Crippen molar-refractivity contribution in [1.29, 1.82) is 0 Å². The highest BCUT2D eigenvalue weighted by Crippen LogP contribution is 2.43. The highest BCUT2D eigenvalue weighted by molar-refractivity contribution is 8.11. The zero-order valence-corrected chi connectivity index (χ0v) is 21.1. The van der Waals surface area contributed by atoms with E-state index in [0.29, 0.717) is 13.1 Å². The second kappa shape index (κ2) is 11.4. The smallest absolute Gasteiger partial charge is 0.325 e. The molecule has 9 nitrogen and oxygen atoms in total. The van der Waals surface area contributed by atoms with E-state index in [1.54, 1.807) is 18.2 Å². The molecule has 0 amide bonds. The van der Waals surface area contributed by atoms with Gasteiger partial charge >= 0.3 is 11.9 Å². The topological polar surface area (TPSA) is 124 Å². The summed E-state index contributed by atoms with van der Waals surface area (Å²) in [4.78, 5) is 27.8. The van der Waals surface area contributed by atoms with Crippen LogP contribution in [0.25, 0.3) is 0 Å². The Kier molecular flexibility index (Phi) is 9.45. The quantitative estimate of drug-likeness (QED) is 0.437. The minimum Gasteiger partial charge on any atom is -0.465 e. The van der Waals surface area contributed by atoms with E-state index in [1.165, 1.54) is 26.0 Å². The molecule has 1 saturated heterocycles. The van der Waals surface area contributed by atoms with Crippen LogP contribution in [0.15, 0.2) is 30.3 Å². The van der Waals surface area contributed by atoms with Gasteiger partial charge in [-0.25, -0.2) is 16.8 Å². The molecule has 11 heteroatoms. The van der Waals surface area contributed by atoms with Crippen LogP contribution in [-0.4, -0.2) is 81.6 Å². The fourth-order valence-electron chi connectivity index (χ4n) is 4.27. The third-order valence-corrected chi connectivity index (χ3v) is 11.8. The molecule has 0 saturated carbocycles. The predicted octanol–water partition coefficient (Wildman–Crippen LogP) is 1.53. The van der Waals surface area contributed by atoms with E-state index in [0.717, 1.165) is 0 Å². The molecule has 186 valence electrons. The first-order chi connectivity index (χ1) is 15.6. The Morgan fingerprint density at radius 2 is 1.27 bits per heavy atom. The van der Waals surface area contributed by atoms with Crippen molar-refractivity contribution >= 4 is 31.6 Å². The first-order valence-electron chi connectivity index (χ1n) is 11.1. The van der Waals surface area contributed by atoms with Crippen LogP contribution in [-0.2, 0) is 38.7 Å². The van der Waals surface area contributed by atoms with Gasteiger partial charge in [0.25, 0.3) is 0 Å². The summed E-state index contributed by atoms with van der Waals surface area (Å²) < 4.78 is 63.0. The Bertz CT molecular complexity index is 964. The zero-order chi connectivity index (χ0) is 24.8. The van der Waals surface area contributed by atoms with Gasteiger partial charge in [-0.05, 0) is 38.9 Å². The van der Waals surface area contributed by atoms with Crippen molar-refractivity contribution in [3.63, 3.8) is 0 Å². The van der Waals surface area contributed by atoms with Crippen LogP contribution < -0.4 is 0 Å². The summed E-state index contributed by atoms with van der Waals surface area (Å²) >= 11 is 0. The molecule has 33 heavy (non-hydrogen) atoms. The lowest BCUT2D eigenvalue weighted by Gasteiger charge is -2.39. The van der Waals surface area contributed by atoms with Gasteiger partial charge in [-0.15, -0.1) is 0 Å². The SMILES string of the molecule is CCOC(=O)[C@H]1C(c2ccccc2)[C@H](C(=O)OCC)S(=O)(=O)C(CCN(CC)CC)S1(=O)=O. The van der Waals surface area contributed by atoms with Crippen LogP contribution in [0.5, 0.6) is 0 Å². The largest absolute Gasteiger partial charge is 0.465 e. The molecule has 1 aliphatic heterocycles. The van der Waals surface area contributed by atoms with E-state index in [2.05, 4.69) is 0 Å². The fourth-order valence-corrected chi connectivity index (χ4v) is 10.2. The van der Waals surface area contributed by atoms with Crippen LogP contribution in [0.4, 0.5) is 0 Å². The number of hydrogen-bond acceptors (Lipinski definition) is 9. The van der Waals surface area contributed by atoms with Gasteiger partial charge < -0.3 is 14.4 Å². The summed E-state index contributed by atoms with van der Waals surface area (Å²) in [7, 11) is -9.16. The number of hydrogen-bond donors (Lipinski definition) is 0. The van der Waals surface area contributed by atoms with Crippen LogP contribution in [0.3, 0.4) is 0 Å². The van der Waals surface area contributed by atoms with Gasteiger partial charge in [0.1, 0.15) is 0 Å². The molecule has 2 rings (SSSR count). The molecule has 1 aromatic rings. The summed E-state index contributed by atoms with van der Waals surface area (Å²) in [6.45, 7) is 8.00. The van der Waals surface area contributed by atoms with Crippen LogP contribution >= 0.6 is 0 Å². The van der Waals surface area contributed by atoms with Crippen LogP contribution in [0.1, 0.15) is 45.6 Å². The number of benzene rings is 1. The lowest BCUT2D eigenvalue weighted by Crippen LogP contribution is -2.60. The van der Waals surface area contributed by atoms with Gasteiger partial charge in [0.15, 0.2) is 34.8 Å². The Morgan fingerprint density at radius 3 is 1.67 bits per heavy atom. The molecule has 0 spiro atoms. The van der Waals surface area contributed by atoms with E-state index in [1.807, 2.05) is 18.7 Å². The average Bonchev–Trinajstić information content (AvgIpc) is 2.76. The predicted molar refractivity (Wildman–Crippen MR) is 124 cm³/mol. The maximum absolute atomic E-state index is 13.7. The standard InChI is InChI=1S/C22H33NO8S2/c1-5-23(6-2)15-14-17-32(26,27)19(21(24)30-7-3)18(16-12-10-9-11-13-16)20(33(17,28)29)22(25)31-8-4/h9-13,17-20H,5-8,14-15H2,1-4H3/t17?,18?,19-,20-/m1/s1. The minimum absolute atomic E-state index is 0.0900. The molecular weight excluding hydrogens is 470 g/mol. The molecule has 1 aliphatic rings. The van der Waals surface area contributed by atoms with Gasteiger partial charge in [0, 0.05) is 12.5 Å². The van der Waals surface area contributed by atoms with E-state index in [4.69, 9.17) is 9.47 Å². The summed E-state index contributed by atoms with van der Waals surface area (Å²) in [5.74, 6) is -3.62. The lowest BCUT2D eigenvalue weighted by molar-refractivity contribution is -0.145. The fraction of sp³-hybridized carbons (Fsp3) is 0.636. The molecule has 0 N–H and O–H groups in total. The summed E-state index contributed by atoms with van der Waals surface area (Å²) in [5.41, 5.74) is 0.239. The first kappa shape index (κ1) is 27.3. The molecule has 1 fully saturated rings. The molecule has 2 atom stereocenters. The third-order valence-electron chi connectivity index (χ3n) is 5.89. The van der Waals surface area contributed by atoms with Gasteiger partial charge in [0.2, 0.25) is 0 Å². The zero-order valence-electron chi connectivity index (χ0n) is 19.5.